The predicted molar refractivity (Wildman–Crippen MR) is 82.2 cm³/mol. The highest BCUT2D eigenvalue weighted by atomic mass is 15.1. The van der Waals surface area contributed by atoms with Crippen molar-refractivity contribution < 1.29 is 0 Å². The Morgan fingerprint density at radius 3 is 2.79 bits per heavy atom. The molecule has 2 rings (SSSR count). The summed E-state index contributed by atoms with van der Waals surface area (Å²) < 4.78 is 0. The molecule has 19 heavy (non-hydrogen) atoms. The van der Waals surface area contributed by atoms with Gasteiger partial charge in [-0.25, -0.2) is 0 Å². The van der Waals surface area contributed by atoms with E-state index in [1.54, 1.807) is 0 Å². The summed E-state index contributed by atoms with van der Waals surface area (Å²) in [5.74, 6) is 0.712. The van der Waals surface area contributed by atoms with Crippen LogP contribution in [0.5, 0.6) is 0 Å². The van der Waals surface area contributed by atoms with Crippen LogP contribution in [0.1, 0.15) is 38.2 Å². The van der Waals surface area contributed by atoms with Crippen LogP contribution in [0.25, 0.3) is 0 Å². The Balaban J connectivity index is 1.78. The molecule has 106 valence electrons. The van der Waals surface area contributed by atoms with Gasteiger partial charge in [0.25, 0.3) is 0 Å². The zero-order valence-corrected chi connectivity index (χ0v) is 12.2. The molecular formula is C17H28N2. The molecule has 2 nitrogen and oxygen atoms in total. The van der Waals surface area contributed by atoms with E-state index in [9.17, 15) is 0 Å². The van der Waals surface area contributed by atoms with Crippen LogP contribution in [0, 0.1) is 5.92 Å². The molecule has 1 fully saturated rings. The molecule has 0 aromatic heterocycles. The lowest BCUT2D eigenvalue weighted by Gasteiger charge is -2.37. The van der Waals surface area contributed by atoms with Crippen molar-refractivity contribution in [1.29, 1.82) is 0 Å². The van der Waals surface area contributed by atoms with E-state index in [1.807, 2.05) is 0 Å². The van der Waals surface area contributed by atoms with E-state index in [0.717, 1.165) is 6.42 Å². The van der Waals surface area contributed by atoms with Crippen molar-refractivity contribution in [2.45, 2.75) is 45.1 Å². The Bertz CT molecular complexity index is 350. The highest BCUT2D eigenvalue weighted by Crippen LogP contribution is 2.21. The number of benzene rings is 1. The summed E-state index contributed by atoms with van der Waals surface area (Å²) >= 11 is 0. The van der Waals surface area contributed by atoms with Crippen LogP contribution in [0.4, 0.5) is 0 Å². The normalized spacial score (nSPS) is 24.5. The highest BCUT2D eigenvalue weighted by Gasteiger charge is 2.25. The summed E-state index contributed by atoms with van der Waals surface area (Å²) in [4.78, 5) is 2.61. The van der Waals surface area contributed by atoms with Gasteiger partial charge in [0.2, 0.25) is 0 Å². The topological polar surface area (TPSA) is 29.3 Å². The average Bonchev–Trinajstić information content (AvgIpc) is 2.46. The molecule has 1 aromatic rings. The number of nitrogens with zero attached hydrogens (tertiary/aromatic N) is 1. The van der Waals surface area contributed by atoms with Gasteiger partial charge in [-0.3, -0.25) is 0 Å². The van der Waals surface area contributed by atoms with Gasteiger partial charge in [-0.15, -0.1) is 0 Å². The predicted octanol–water partition coefficient (Wildman–Crippen LogP) is 3.07. The van der Waals surface area contributed by atoms with Crippen molar-refractivity contribution in [3.63, 3.8) is 0 Å². The largest absolute Gasteiger partial charge is 0.327 e. The third-order valence-corrected chi connectivity index (χ3v) is 4.36. The van der Waals surface area contributed by atoms with Crippen molar-refractivity contribution in [2.24, 2.45) is 11.7 Å². The minimum absolute atomic E-state index is 0.430. The molecule has 1 aliphatic heterocycles. The van der Waals surface area contributed by atoms with Crippen LogP contribution >= 0.6 is 0 Å². The van der Waals surface area contributed by atoms with E-state index >= 15 is 0 Å². The number of nitrogens with two attached hydrogens (primary N) is 1. The summed E-state index contributed by atoms with van der Waals surface area (Å²) in [5.41, 5.74) is 7.71. The number of hydrogen-bond acceptors (Lipinski definition) is 2. The second-order valence-electron chi connectivity index (χ2n) is 5.89. The van der Waals surface area contributed by atoms with Crippen LogP contribution in [0.15, 0.2) is 30.3 Å². The third-order valence-electron chi connectivity index (χ3n) is 4.36. The summed E-state index contributed by atoms with van der Waals surface area (Å²) in [7, 11) is 0. The molecule has 1 heterocycles. The highest BCUT2D eigenvalue weighted by molar-refractivity contribution is 5.14. The maximum absolute atomic E-state index is 6.26. The van der Waals surface area contributed by atoms with E-state index in [4.69, 9.17) is 5.73 Å². The zero-order valence-electron chi connectivity index (χ0n) is 12.2. The first-order valence-electron chi connectivity index (χ1n) is 7.81. The molecule has 0 amide bonds. The molecule has 1 saturated heterocycles. The molecule has 0 unspecified atom stereocenters. The average molecular weight is 260 g/mol. The van der Waals surface area contributed by atoms with Crippen LogP contribution in [-0.4, -0.2) is 30.6 Å². The second kappa shape index (κ2) is 7.66. The Morgan fingerprint density at radius 1 is 1.26 bits per heavy atom. The van der Waals surface area contributed by atoms with Gasteiger partial charge in [0, 0.05) is 19.1 Å². The van der Waals surface area contributed by atoms with E-state index in [2.05, 4.69) is 42.2 Å². The van der Waals surface area contributed by atoms with Gasteiger partial charge in [-0.1, -0.05) is 50.1 Å². The fourth-order valence-electron chi connectivity index (χ4n) is 3.03. The minimum Gasteiger partial charge on any atom is -0.327 e. The summed E-state index contributed by atoms with van der Waals surface area (Å²) in [6.45, 7) is 5.82. The van der Waals surface area contributed by atoms with E-state index < -0.39 is 0 Å². The number of hydrogen-bond donors (Lipinski definition) is 1. The SMILES string of the molecule is CCCC[C@H]1CN(CCc2ccccc2)CC[C@H]1N. The molecule has 1 aromatic carbocycles. The molecule has 0 radical (unpaired) electrons. The number of piperidine rings is 1. The summed E-state index contributed by atoms with van der Waals surface area (Å²) in [6, 6.07) is 11.2. The van der Waals surface area contributed by atoms with Gasteiger partial charge in [0.15, 0.2) is 0 Å². The first-order chi connectivity index (χ1) is 9.29. The molecule has 0 aliphatic carbocycles. The van der Waals surface area contributed by atoms with Gasteiger partial charge in [0.1, 0.15) is 0 Å². The zero-order chi connectivity index (χ0) is 13.5. The summed E-state index contributed by atoms with van der Waals surface area (Å²) in [5, 5.41) is 0. The third kappa shape index (κ3) is 4.63. The van der Waals surface area contributed by atoms with Crippen molar-refractivity contribution >= 4 is 0 Å². The van der Waals surface area contributed by atoms with Crippen molar-refractivity contribution in [3.8, 4) is 0 Å². The van der Waals surface area contributed by atoms with Gasteiger partial charge < -0.3 is 10.6 Å². The van der Waals surface area contributed by atoms with Gasteiger partial charge in [-0.05, 0) is 37.3 Å². The molecule has 0 saturated carbocycles. The first-order valence-corrected chi connectivity index (χ1v) is 7.81. The van der Waals surface area contributed by atoms with Gasteiger partial charge >= 0.3 is 0 Å². The Morgan fingerprint density at radius 2 is 2.05 bits per heavy atom. The lowest BCUT2D eigenvalue weighted by atomic mass is 9.88. The van der Waals surface area contributed by atoms with Crippen LogP contribution in [0.3, 0.4) is 0 Å². The van der Waals surface area contributed by atoms with E-state index in [-0.39, 0.29) is 0 Å². The Kier molecular flexibility index (Phi) is 5.87. The van der Waals surface area contributed by atoms with Crippen molar-refractivity contribution in [2.75, 3.05) is 19.6 Å². The number of rotatable bonds is 6. The minimum atomic E-state index is 0.430. The number of unbranched alkanes of at least 4 members (excludes halogenated alkanes) is 1. The Labute approximate surface area is 118 Å². The Hall–Kier alpha value is -0.860. The molecular weight excluding hydrogens is 232 g/mol. The standard InChI is InChI=1S/C17H28N2/c1-2-3-9-16-14-19(13-11-17(16)18)12-10-15-7-5-4-6-8-15/h4-8,16-17H,2-3,9-14,18H2,1H3/t16-,17+/m0/s1. The molecule has 2 N–H and O–H groups in total. The van der Waals surface area contributed by atoms with E-state index in [1.165, 1.54) is 50.9 Å². The van der Waals surface area contributed by atoms with Crippen LogP contribution < -0.4 is 5.73 Å². The molecule has 0 bridgehead atoms. The summed E-state index contributed by atoms with van der Waals surface area (Å²) in [6.07, 6.45) is 6.25. The lowest BCUT2D eigenvalue weighted by molar-refractivity contribution is 0.148. The van der Waals surface area contributed by atoms with Crippen molar-refractivity contribution in [3.05, 3.63) is 35.9 Å². The van der Waals surface area contributed by atoms with Crippen LogP contribution in [0.2, 0.25) is 0 Å². The molecule has 2 heteroatoms. The molecule has 1 aliphatic rings. The fraction of sp³-hybridized carbons (Fsp3) is 0.647. The lowest BCUT2D eigenvalue weighted by Crippen LogP contribution is -2.47. The smallest absolute Gasteiger partial charge is 0.00915 e. The quantitative estimate of drug-likeness (QED) is 0.851. The number of likely N-dealkylation sites (tertiary alicyclic amines) is 1. The monoisotopic (exact) mass is 260 g/mol. The molecule has 0 spiro atoms. The fourth-order valence-corrected chi connectivity index (χ4v) is 3.03. The maximum Gasteiger partial charge on any atom is 0.00915 e. The van der Waals surface area contributed by atoms with E-state index in [0.29, 0.717) is 12.0 Å². The van der Waals surface area contributed by atoms with Gasteiger partial charge in [-0.2, -0.15) is 0 Å². The van der Waals surface area contributed by atoms with Crippen molar-refractivity contribution in [1.82, 2.24) is 4.90 Å². The second-order valence-corrected chi connectivity index (χ2v) is 5.89. The maximum atomic E-state index is 6.26. The first kappa shape index (κ1) is 14.5. The van der Waals surface area contributed by atoms with Gasteiger partial charge in [0.05, 0.1) is 0 Å². The molecule has 2 atom stereocenters. The van der Waals surface area contributed by atoms with Crippen LogP contribution in [-0.2, 0) is 6.42 Å².